The number of methoxy groups -OCH3 is 1. The zero-order valence-electron chi connectivity index (χ0n) is 11.9. The summed E-state index contributed by atoms with van der Waals surface area (Å²) in [6.45, 7) is 0. The maximum Gasteiger partial charge on any atom is 0.0959 e. The van der Waals surface area contributed by atoms with Crippen molar-refractivity contribution in [2.24, 2.45) is 23.7 Å². The lowest BCUT2D eigenvalue weighted by molar-refractivity contribution is 0.123. The van der Waals surface area contributed by atoms with Crippen LogP contribution in [0.3, 0.4) is 0 Å². The van der Waals surface area contributed by atoms with Crippen LogP contribution in [-0.2, 0) is 4.74 Å². The van der Waals surface area contributed by atoms with Crippen molar-refractivity contribution in [1.29, 1.82) is 0 Å². The molecule has 0 radical (unpaired) electrons. The molecule has 4 atom stereocenters. The second kappa shape index (κ2) is 4.54. The van der Waals surface area contributed by atoms with Crippen molar-refractivity contribution in [3.05, 3.63) is 35.1 Å². The molecule has 19 heavy (non-hydrogen) atoms. The van der Waals surface area contributed by atoms with Crippen LogP contribution in [0.2, 0.25) is 0 Å². The molecule has 1 fully saturated rings. The third-order valence-electron chi connectivity index (χ3n) is 6.10. The molecule has 0 heterocycles. The van der Waals surface area contributed by atoms with Gasteiger partial charge >= 0.3 is 0 Å². The van der Waals surface area contributed by atoms with Crippen LogP contribution >= 0.6 is 0 Å². The van der Waals surface area contributed by atoms with Gasteiger partial charge in [0.05, 0.1) is 12.9 Å². The molecule has 1 heteroatoms. The quantitative estimate of drug-likeness (QED) is 0.622. The van der Waals surface area contributed by atoms with E-state index in [1.165, 1.54) is 44.3 Å². The minimum absolute atomic E-state index is 0.902. The normalized spacial score (nSPS) is 40.4. The van der Waals surface area contributed by atoms with Gasteiger partial charge < -0.3 is 4.74 Å². The van der Waals surface area contributed by atoms with Crippen LogP contribution in [0.25, 0.3) is 0 Å². The summed E-state index contributed by atoms with van der Waals surface area (Å²) >= 11 is 0. The molecule has 0 aromatic heterocycles. The summed E-state index contributed by atoms with van der Waals surface area (Å²) < 4.78 is 5.46. The molecule has 0 spiro atoms. The van der Waals surface area contributed by atoms with E-state index < -0.39 is 0 Å². The van der Waals surface area contributed by atoms with Crippen molar-refractivity contribution in [2.45, 2.75) is 44.9 Å². The highest BCUT2D eigenvalue weighted by molar-refractivity contribution is 5.32. The maximum atomic E-state index is 5.46. The lowest BCUT2D eigenvalue weighted by atomic mass is 9.59. The van der Waals surface area contributed by atoms with Crippen LogP contribution < -0.4 is 0 Å². The topological polar surface area (TPSA) is 9.23 Å². The molecule has 1 nitrogen and oxygen atoms in total. The number of hydrogen-bond acceptors (Lipinski definition) is 1. The summed E-state index contributed by atoms with van der Waals surface area (Å²) in [6.07, 6.45) is 16.6. The van der Waals surface area contributed by atoms with Crippen LogP contribution in [0.5, 0.6) is 0 Å². The van der Waals surface area contributed by atoms with E-state index in [2.05, 4.69) is 18.2 Å². The fraction of sp³-hybridized carbons (Fsp3) is 0.667. The Morgan fingerprint density at radius 1 is 1.16 bits per heavy atom. The molecule has 0 aromatic rings. The maximum absolute atomic E-state index is 5.46. The molecular weight excluding hydrogens is 232 g/mol. The Labute approximate surface area is 116 Å². The number of hydrogen-bond donors (Lipinski definition) is 0. The number of ether oxygens (including phenoxy) is 1. The minimum atomic E-state index is 0.902. The van der Waals surface area contributed by atoms with E-state index in [-0.39, 0.29) is 0 Å². The Morgan fingerprint density at radius 2 is 2.11 bits per heavy atom. The second-order valence-electron chi connectivity index (χ2n) is 6.76. The fourth-order valence-electron chi connectivity index (χ4n) is 5.19. The standard InChI is InChI=1S/C18H24O/c1-19-14-7-10-16-13(11-14)6-9-17-15-4-2-3-12(15)5-8-18(16)17/h2-3,7,12,15,17-18H,4-6,8-11H2,1H3. The molecule has 4 aliphatic rings. The Kier molecular flexibility index (Phi) is 2.82. The van der Waals surface area contributed by atoms with Crippen LogP contribution in [-0.4, -0.2) is 7.11 Å². The van der Waals surface area contributed by atoms with E-state index in [1.807, 2.05) is 12.7 Å². The molecule has 102 valence electrons. The predicted octanol–water partition coefficient (Wildman–Crippen LogP) is 4.62. The van der Waals surface area contributed by atoms with Gasteiger partial charge in [0, 0.05) is 6.42 Å². The van der Waals surface area contributed by atoms with Gasteiger partial charge in [0.15, 0.2) is 0 Å². The van der Waals surface area contributed by atoms with Gasteiger partial charge in [-0.1, -0.05) is 23.3 Å². The summed E-state index contributed by atoms with van der Waals surface area (Å²) in [5.74, 6) is 4.97. The number of rotatable bonds is 1. The zero-order chi connectivity index (χ0) is 12.8. The first-order valence-corrected chi connectivity index (χ1v) is 7.97. The largest absolute Gasteiger partial charge is 0.501 e. The molecular formula is C18H24O. The van der Waals surface area contributed by atoms with Gasteiger partial charge in [-0.15, -0.1) is 0 Å². The lowest BCUT2D eigenvalue weighted by Crippen LogP contribution is -2.36. The number of allylic oxidation sites excluding steroid dienone is 5. The Morgan fingerprint density at radius 3 is 3.00 bits per heavy atom. The van der Waals surface area contributed by atoms with Crippen LogP contribution in [0, 0.1) is 23.7 Å². The zero-order valence-corrected chi connectivity index (χ0v) is 11.9. The summed E-state index contributed by atoms with van der Waals surface area (Å²) in [7, 11) is 1.82. The fourth-order valence-corrected chi connectivity index (χ4v) is 5.19. The van der Waals surface area contributed by atoms with Crippen molar-refractivity contribution in [1.82, 2.24) is 0 Å². The average molecular weight is 256 g/mol. The highest BCUT2D eigenvalue weighted by Gasteiger charge is 2.43. The smallest absolute Gasteiger partial charge is 0.0959 e. The molecule has 4 aliphatic carbocycles. The van der Waals surface area contributed by atoms with Gasteiger partial charge in [0.2, 0.25) is 0 Å². The van der Waals surface area contributed by atoms with Crippen molar-refractivity contribution in [3.63, 3.8) is 0 Å². The third-order valence-corrected chi connectivity index (χ3v) is 6.10. The van der Waals surface area contributed by atoms with Crippen molar-refractivity contribution >= 4 is 0 Å². The minimum Gasteiger partial charge on any atom is -0.501 e. The van der Waals surface area contributed by atoms with Crippen LogP contribution in [0.1, 0.15) is 44.9 Å². The number of fused-ring (bicyclic) bond motifs is 4. The van der Waals surface area contributed by atoms with Gasteiger partial charge in [-0.05, 0) is 68.3 Å². The first-order chi connectivity index (χ1) is 9.36. The van der Waals surface area contributed by atoms with E-state index in [4.69, 9.17) is 4.74 Å². The van der Waals surface area contributed by atoms with Crippen molar-refractivity contribution in [2.75, 3.05) is 7.11 Å². The Hall–Kier alpha value is -0.980. The first-order valence-electron chi connectivity index (χ1n) is 7.97. The van der Waals surface area contributed by atoms with Crippen LogP contribution in [0.15, 0.2) is 35.1 Å². The SMILES string of the molecule is COC1=CCC2=C(CCC3C2CCC2C=CCC23)C1. The van der Waals surface area contributed by atoms with E-state index >= 15 is 0 Å². The molecule has 0 aliphatic heterocycles. The van der Waals surface area contributed by atoms with Gasteiger partial charge in [-0.2, -0.15) is 0 Å². The molecule has 0 bridgehead atoms. The highest BCUT2D eigenvalue weighted by Crippen LogP contribution is 2.54. The second-order valence-corrected chi connectivity index (χ2v) is 6.76. The monoisotopic (exact) mass is 256 g/mol. The third kappa shape index (κ3) is 1.81. The molecule has 0 saturated heterocycles. The molecule has 0 N–H and O–H groups in total. The van der Waals surface area contributed by atoms with E-state index in [0.717, 1.165) is 30.1 Å². The van der Waals surface area contributed by atoms with E-state index in [9.17, 15) is 0 Å². The van der Waals surface area contributed by atoms with Gasteiger partial charge in [-0.25, -0.2) is 0 Å². The summed E-state index contributed by atoms with van der Waals surface area (Å²) in [4.78, 5) is 0. The van der Waals surface area contributed by atoms with E-state index in [1.54, 1.807) is 5.57 Å². The molecule has 4 unspecified atom stereocenters. The van der Waals surface area contributed by atoms with Gasteiger partial charge in [-0.3, -0.25) is 0 Å². The van der Waals surface area contributed by atoms with Crippen LogP contribution in [0.4, 0.5) is 0 Å². The molecule has 1 saturated carbocycles. The van der Waals surface area contributed by atoms with Gasteiger partial charge in [0.1, 0.15) is 0 Å². The lowest BCUT2D eigenvalue weighted by Gasteiger charge is -2.46. The summed E-state index contributed by atoms with van der Waals surface area (Å²) in [5.41, 5.74) is 3.53. The molecule has 0 aromatic carbocycles. The van der Waals surface area contributed by atoms with Crippen molar-refractivity contribution in [3.8, 4) is 0 Å². The predicted molar refractivity (Wildman–Crippen MR) is 77.5 cm³/mol. The Balaban J connectivity index is 1.59. The molecule has 4 rings (SSSR count). The van der Waals surface area contributed by atoms with Gasteiger partial charge in [0.25, 0.3) is 0 Å². The molecule has 0 amide bonds. The first kappa shape index (κ1) is 11.8. The highest BCUT2D eigenvalue weighted by atomic mass is 16.5. The average Bonchev–Trinajstić information content (AvgIpc) is 2.94. The van der Waals surface area contributed by atoms with E-state index in [0.29, 0.717) is 0 Å². The summed E-state index contributed by atoms with van der Waals surface area (Å²) in [5, 5.41) is 0. The summed E-state index contributed by atoms with van der Waals surface area (Å²) in [6, 6.07) is 0. The van der Waals surface area contributed by atoms with Crippen molar-refractivity contribution < 1.29 is 4.74 Å². The Bertz CT molecular complexity index is 468.